The predicted octanol–water partition coefficient (Wildman–Crippen LogP) is 6.03. The molecule has 0 radical (unpaired) electrons. The zero-order valence-corrected chi connectivity index (χ0v) is 17.7. The molecule has 1 aromatic carbocycles. The third kappa shape index (κ3) is 6.93. The van der Waals surface area contributed by atoms with Crippen molar-refractivity contribution in [3.05, 3.63) is 59.3 Å². The van der Waals surface area contributed by atoms with Crippen LogP contribution >= 0.6 is 0 Å². The van der Waals surface area contributed by atoms with Crippen molar-refractivity contribution >= 4 is 12.2 Å². The smallest absolute Gasteiger partial charge is 0.407 e. The summed E-state index contributed by atoms with van der Waals surface area (Å²) in [6.07, 6.45) is 7.54. The SMILES string of the molecule is Cc1ccc(Oc2cccc(/C=C3\CCCC(NC(=O)OC(C)(C)C)C3)c2)nc1. The van der Waals surface area contributed by atoms with Crippen LogP contribution in [0, 0.1) is 6.92 Å². The zero-order chi connectivity index (χ0) is 20.9. The second-order valence-electron chi connectivity index (χ2n) is 8.59. The molecule has 3 rings (SSSR count). The number of ether oxygens (including phenoxy) is 2. The first-order valence-electron chi connectivity index (χ1n) is 10.2. The third-order valence-electron chi connectivity index (χ3n) is 4.62. The van der Waals surface area contributed by atoms with Gasteiger partial charge >= 0.3 is 6.09 Å². The van der Waals surface area contributed by atoms with Gasteiger partial charge in [0, 0.05) is 18.3 Å². The number of hydrogen-bond acceptors (Lipinski definition) is 4. The molecule has 1 aromatic heterocycles. The first-order valence-corrected chi connectivity index (χ1v) is 10.2. The molecular formula is C24H30N2O3. The fourth-order valence-corrected chi connectivity index (χ4v) is 3.36. The van der Waals surface area contributed by atoms with Crippen molar-refractivity contribution < 1.29 is 14.3 Å². The van der Waals surface area contributed by atoms with E-state index >= 15 is 0 Å². The number of rotatable bonds is 4. The molecule has 0 saturated heterocycles. The summed E-state index contributed by atoms with van der Waals surface area (Å²) in [6, 6.07) is 11.9. The molecule has 0 aliphatic heterocycles. The number of nitrogens with zero attached hydrogens (tertiary/aromatic N) is 1. The number of amides is 1. The highest BCUT2D eigenvalue weighted by atomic mass is 16.6. The maximum atomic E-state index is 12.1. The van der Waals surface area contributed by atoms with Gasteiger partial charge in [-0.25, -0.2) is 9.78 Å². The minimum absolute atomic E-state index is 0.112. The van der Waals surface area contributed by atoms with E-state index in [9.17, 15) is 4.79 Å². The van der Waals surface area contributed by atoms with Gasteiger partial charge in [0.05, 0.1) is 0 Å². The van der Waals surface area contributed by atoms with Crippen LogP contribution in [0.4, 0.5) is 4.79 Å². The Kier molecular flexibility index (Phi) is 6.57. The molecule has 1 heterocycles. The van der Waals surface area contributed by atoms with Gasteiger partial charge in [-0.2, -0.15) is 0 Å². The van der Waals surface area contributed by atoms with E-state index in [1.54, 1.807) is 6.20 Å². The van der Waals surface area contributed by atoms with E-state index in [1.165, 1.54) is 5.57 Å². The molecule has 5 nitrogen and oxygen atoms in total. The fourth-order valence-electron chi connectivity index (χ4n) is 3.36. The lowest BCUT2D eigenvalue weighted by atomic mass is 9.89. The highest BCUT2D eigenvalue weighted by Crippen LogP contribution is 2.28. The Morgan fingerprint density at radius 2 is 2.07 bits per heavy atom. The summed E-state index contributed by atoms with van der Waals surface area (Å²) in [5.74, 6) is 1.34. The summed E-state index contributed by atoms with van der Waals surface area (Å²) < 4.78 is 11.3. The maximum Gasteiger partial charge on any atom is 0.407 e. The molecule has 1 fully saturated rings. The monoisotopic (exact) mass is 394 g/mol. The van der Waals surface area contributed by atoms with E-state index in [1.807, 2.05) is 58.0 Å². The van der Waals surface area contributed by atoms with Crippen LogP contribution in [0.1, 0.15) is 57.6 Å². The lowest BCUT2D eigenvalue weighted by molar-refractivity contribution is 0.0498. The van der Waals surface area contributed by atoms with Crippen LogP contribution in [0.5, 0.6) is 11.6 Å². The van der Waals surface area contributed by atoms with Crippen molar-refractivity contribution in [2.45, 2.75) is 65.0 Å². The fraction of sp³-hybridized carbons (Fsp3) is 0.417. The molecule has 1 amide bonds. The average molecular weight is 395 g/mol. The lowest BCUT2D eigenvalue weighted by Crippen LogP contribution is -2.40. The Hall–Kier alpha value is -2.82. The van der Waals surface area contributed by atoms with Crippen molar-refractivity contribution in [3.8, 4) is 11.6 Å². The predicted molar refractivity (Wildman–Crippen MR) is 115 cm³/mol. The van der Waals surface area contributed by atoms with Gasteiger partial charge in [-0.3, -0.25) is 0 Å². The summed E-state index contributed by atoms with van der Waals surface area (Å²) in [4.78, 5) is 16.3. The van der Waals surface area contributed by atoms with Crippen molar-refractivity contribution in [2.24, 2.45) is 0 Å². The third-order valence-corrected chi connectivity index (χ3v) is 4.62. The number of aromatic nitrogens is 1. The Morgan fingerprint density at radius 1 is 1.24 bits per heavy atom. The van der Waals surface area contributed by atoms with Crippen LogP contribution in [0.15, 0.2) is 48.2 Å². The van der Waals surface area contributed by atoms with Crippen LogP contribution in [-0.4, -0.2) is 22.7 Å². The van der Waals surface area contributed by atoms with Gasteiger partial charge in [-0.1, -0.05) is 29.8 Å². The van der Waals surface area contributed by atoms with Gasteiger partial charge in [0.1, 0.15) is 11.4 Å². The maximum absolute atomic E-state index is 12.1. The minimum Gasteiger partial charge on any atom is -0.444 e. The Balaban J connectivity index is 1.63. The van der Waals surface area contributed by atoms with Gasteiger partial charge in [-0.15, -0.1) is 0 Å². The zero-order valence-electron chi connectivity index (χ0n) is 17.7. The van der Waals surface area contributed by atoms with E-state index < -0.39 is 5.60 Å². The number of hydrogen-bond donors (Lipinski definition) is 1. The molecule has 0 bridgehead atoms. The quantitative estimate of drug-likeness (QED) is 0.687. The number of aryl methyl sites for hydroxylation is 1. The van der Waals surface area contributed by atoms with Crippen LogP contribution in [0.2, 0.25) is 0 Å². The number of carbonyl (C=O) groups excluding carboxylic acids is 1. The highest BCUT2D eigenvalue weighted by molar-refractivity contribution is 5.68. The number of nitrogens with one attached hydrogen (secondary N) is 1. The molecule has 1 atom stereocenters. The summed E-state index contributed by atoms with van der Waals surface area (Å²) in [5.41, 5.74) is 3.03. The van der Waals surface area contributed by atoms with Crippen LogP contribution in [-0.2, 0) is 4.74 Å². The van der Waals surface area contributed by atoms with Crippen LogP contribution in [0.3, 0.4) is 0 Å². The molecule has 1 aliphatic rings. The lowest BCUT2D eigenvalue weighted by Gasteiger charge is -2.27. The van der Waals surface area contributed by atoms with Crippen molar-refractivity contribution in [2.75, 3.05) is 0 Å². The molecule has 1 aliphatic carbocycles. The van der Waals surface area contributed by atoms with E-state index in [-0.39, 0.29) is 12.1 Å². The number of alkyl carbamates (subject to hydrolysis) is 1. The first kappa shape index (κ1) is 20.9. The Bertz CT molecular complexity index is 866. The van der Waals surface area contributed by atoms with Gasteiger partial charge in [-0.05, 0) is 76.6 Å². The molecule has 2 aromatic rings. The number of pyridine rings is 1. The number of benzene rings is 1. The Labute approximate surface area is 173 Å². The van der Waals surface area contributed by atoms with Crippen molar-refractivity contribution in [1.29, 1.82) is 0 Å². The highest BCUT2D eigenvalue weighted by Gasteiger charge is 2.22. The minimum atomic E-state index is -0.482. The largest absolute Gasteiger partial charge is 0.444 e. The van der Waals surface area contributed by atoms with Crippen molar-refractivity contribution in [1.82, 2.24) is 10.3 Å². The standard InChI is InChI=1S/C24H30N2O3/c1-17-11-12-22(25-16-17)28-21-10-6-8-19(15-21)13-18-7-5-9-20(14-18)26-23(27)29-24(2,3)4/h6,8,10-13,15-16,20H,5,7,9,14H2,1-4H3,(H,26,27)/b18-13+. The summed E-state index contributed by atoms with van der Waals surface area (Å²) in [5, 5.41) is 3.00. The first-order chi connectivity index (χ1) is 13.8. The summed E-state index contributed by atoms with van der Waals surface area (Å²) >= 11 is 0. The summed E-state index contributed by atoms with van der Waals surface area (Å²) in [6.45, 7) is 7.62. The topological polar surface area (TPSA) is 60.5 Å². The van der Waals surface area contributed by atoms with Gasteiger partial charge < -0.3 is 14.8 Å². The number of carbonyl (C=O) groups is 1. The molecule has 1 saturated carbocycles. The normalized spacial score (nSPS) is 18.3. The molecule has 5 heteroatoms. The van der Waals surface area contributed by atoms with Crippen molar-refractivity contribution in [3.63, 3.8) is 0 Å². The molecule has 1 unspecified atom stereocenters. The second kappa shape index (κ2) is 9.12. The van der Waals surface area contributed by atoms with E-state index in [0.717, 1.165) is 42.6 Å². The van der Waals surface area contributed by atoms with Gasteiger partial charge in [0.25, 0.3) is 0 Å². The van der Waals surface area contributed by atoms with Crippen LogP contribution < -0.4 is 10.1 Å². The molecule has 29 heavy (non-hydrogen) atoms. The molecule has 0 spiro atoms. The molecule has 1 N–H and O–H groups in total. The second-order valence-corrected chi connectivity index (χ2v) is 8.59. The van der Waals surface area contributed by atoms with E-state index in [4.69, 9.17) is 9.47 Å². The summed E-state index contributed by atoms with van der Waals surface area (Å²) in [7, 11) is 0. The van der Waals surface area contributed by atoms with Gasteiger partial charge in [0.15, 0.2) is 0 Å². The molecule has 154 valence electrons. The Morgan fingerprint density at radius 3 is 2.79 bits per heavy atom. The van der Waals surface area contributed by atoms with E-state index in [2.05, 4.69) is 22.4 Å². The van der Waals surface area contributed by atoms with Crippen LogP contribution in [0.25, 0.3) is 6.08 Å². The van der Waals surface area contributed by atoms with E-state index in [0.29, 0.717) is 5.88 Å². The average Bonchev–Trinajstić information content (AvgIpc) is 2.63. The van der Waals surface area contributed by atoms with Gasteiger partial charge in [0.2, 0.25) is 5.88 Å². The molecular weight excluding hydrogens is 364 g/mol.